The lowest BCUT2D eigenvalue weighted by atomic mass is 10.2. The number of aromatic nitrogens is 1. The van der Waals surface area contributed by atoms with Gasteiger partial charge in [-0.15, -0.1) is 0 Å². The van der Waals surface area contributed by atoms with Crippen LogP contribution in [0.1, 0.15) is 29.3 Å². The second-order valence-corrected chi connectivity index (χ2v) is 6.36. The summed E-state index contributed by atoms with van der Waals surface area (Å²) in [6.45, 7) is 6.67. The zero-order valence-corrected chi connectivity index (χ0v) is 15.9. The van der Waals surface area contributed by atoms with Gasteiger partial charge in [-0.05, 0) is 48.7 Å². The smallest absolute Gasteiger partial charge is 0.161 e. The Balaban J connectivity index is 1.61. The minimum absolute atomic E-state index is 0.525. The van der Waals surface area contributed by atoms with E-state index in [4.69, 9.17) is 9.47 Å². The summed E-state index contributed by atoms with van der Waals surface area (Å²) in [7, 11) is 0. The van der Waals surface area contributed by atoms with E-state index < -0.39 is 0 Å². The number of nitrogens with one attached hydrogen (secondary N) is 1. The number of aryl methyl sites for hydroxylation is 1. The van der Waals surface area contributed by atoms with Crippen molar-refractivity contribution in [2.75, 3.05) is 6.61 Å². The zero-order chi connectivity index (χ0) is 18.9. The average Bonchev–Trinajstić information content (AvgIpc) is 2.70. The molecule has 0 saturated carbocycles. The minimum Gasteiger partial charge on any atom is -0.490 e. The van der Waals surface area contributed by atoms with Crippen molar-refractivity contribution < 1.29 is 9.47 Å². The lowest BCUT2D eigenvalue weighted by molar-refractivity contribution is 0.269. The van der Waals surface area contributed by atoms with Crippen LogP contribution in [0.3, 0.4) is 0 Å². The molecule has 1 aromatic heterocycles. The molecule has 1 heterocycles. The summed E-state index contributed by atoms with van der Waals surface area (Å²) >= 11 is 0. The first-order valence-corrected chi connectivity index (χ1v) is 9.30. The van der Waals surface area contributed by atoms with Gasteiger partial charge in [-0.25, -0.2) is 0 Å². The molecule has 0 fully saturated rings. The molecular weight excluding hydrogens is 336 g/mol. The standard InChI is InChI=1S/C23H26N2O2/c1-3-26-23-14-20(15-24-16-21-18(2)8-7-13-25-21)11-12-22(23)27-17-19-9-5-4-6-10-19/h4-14,24H,3,15-17H2,1-2H3. The first-order valence-electron chi connectivity index (χ1n) is 9.30. The van der Waals surface area contributed by atoms with Crippen LogP contribution in [0.4, 0.5) is 0 Å². The number of ether oxygens (including phenoxy) is 2. The zero-order valence-electron chi connectivity index (χ0n) is 15.9. The van der Waals surface area contributed by atoms with Crippen molar-refractivity contribution in [3.8, 4) is 11.5 Å². The van der Waals surface area contributed by atoms with Crippen LogP contribution in [0, 0.1) is 6.92 Å². The normalized spacial score (nSPS) is 10.6. The molecule has 3 rings (SSSR count). The Bertz CT molecular complexity index is 850. The Morgan fingerprint density at radius 2 is 1.70 bits per heavy atom. The molecule has 4 heteroatoms. The van der Waals surface area contributed by atoms with Gasteiger partial charge in [-0.3, -0.25) is 4.98 Å². The molecule has 0 aliphatic heterocycles. The first-order chi connectivity index (χ1) is 13.3. The Hall–Kier alpha value is -2.85. The monoisotopic (exact) mass is 362 g/mol. The van der Waals surface area contributed by atoms with Gasteiger partial charge in [-0.2, -0.15) is 0 Å². The second-order valence-electron chi connectivity index (χ2n) is 6.36. The van der Waals surface area contributed by atoms with E-state index in [1.165, 1.54) is 5.56 Å². The summed E-state index contributed by atoms with van der Waals surface area (Å²) in [4.78, 5) is 4.42. The summed E-state index contributed by atoms with van der Waals surface area (Å²) < 4.78 is 11.7. The van der Waals surface area contributed by atoms with E-state index in [2.05, 4.69) is 41.5 Å². The minimum atomic E-state index is 0.525. The fraction of sp³-hybridized carbons (Fsp3) is 0.261. The Morgan fingerprint density at radius 3 is 2.48 bits per heavy atom. The van der Waals surface area contributed by atoms with Crippen molar-refractivity contribution in [1.82, 2.24) is 10.3 Å². The van der Waals surface area contributed by atoms with E-state index in [9.17, 15) is 0 Å². The van der Waals surface area contributed by atoms with Crippen LogP contribution in [0.2, 0.25) is 0 Å². The molecule has 0 saturated heterocycles. The summed E-state index contributed by atoms with van der Waals surface area (Å²) in [6.07, 6.45) is 1.83. The summed E-state index contributed by atoms with van der Waals surface area (Å²) in [5.74, 6) is 1.55. The summed E-state index contributed by atoms with van der Waals surface area (Å²) in [6, 6.07) is 20.3. The van der Waals surface area contributed by atoms with Gasteiger partial charge in [0.05, 0.1) is 12.3 Å². The number of benzene rings is 2. The van der Waals surface area contributed by atoms with Gasteiger partial charge in [-0.1, -0.05) is 42.5 Å². The molecule has 0 amide bonds. The van der Waals surface area contributed by atoms with E-state index in [0.29, 0.717) is 13.2 Å². The van der Waals surface area contributed by atoms with Gasteiger partial charge in [0.2, 0.25) is 0 Å². The molecule has 0 aliphatic carbocycles. The van der Waals surface area contributed by atoms with Gasteiger partial charge >= 0.3 is 0 Å². The molecule has 1 N–H and O–H groups in total. The molecule has 2 aromatic carbocycles. The van der Waals surface area contributed by atoms with Gasteiger partial charge < -0.3 is 14.8 Å². The van der Waals surface area contributed by atoms with Crippen molar-refractivity contribution in [3.05, 3.63) is 89.2 Å². The largest absolute Gasteiger partial charge is 0.490 e. The van der Waals surface area contributed by atoms with E-state index in [1.807, 2.05) is 49.5 Å². The van der Waals surface area contributed by atoms with Crippen LogP contribution >= 0.6 is 0 Å². The molecule has 27 heavy (non-hydrogen) atoms. The molecule has 0 aliphatic rings. The van der Waals surface area contributed by atoms with Crippen LogP contribution in [0.15, 0.2) is 66.9 Å². The number of rotatable bonds is 9. The second kappa shape index (κ2) is 9.74. The highest BCUT2D eigenvalue weighted by Crippen LogP contribution is 2.29. The molecular formula is C23H26N2O2. The van der Waals surface area contributed by atoms with Crippen LogP contribution < -0.4 is 14.8 Å². The molecule has 140 valence electrons. The maximum absolute atomic E-state index is 5.96. The van der Waals surface area contributed by atoms with Gasteiger partial charge in [0.15, 0.2) is 11.5 Å². The number of pyridine rings is 1. The van der Waals surface area contributed by atoms with E-state index in [-0.39, 0.29) is 0 Å². The predicted molar refractivity (Wildman–Crippen MR) is 108 cm³/mol. The van der Waals surface area contributed by atoms with E-state index in [1.54, 1.807) is 0 Å². The van der Waals surface area contributed by atoms with E-state index >= 15 is 0 Å². The lowest BCUT2D eigenvalue weighted by Crippen LogP contribution is -2.14. The molecule has 4 nitrogen and oxygen atoms in total. The van der Waals surface area contributed by atoms with Crippen molar-refractivity contribution in [3.63, 3.8) is 0 Å². The highest BCUT2D eigenvalue weighted by molar-refractivity contribution is 5.43. The third-order valence-electron chi connectivity index (χ3n) is 4.28. The van der Waals surface area contributed by atoms with Crippen LogP contribution in [0.25, 0.3) is 0 Å². The van der Waals surface area contributed by atoms with Crippen molar-refractivity contribution in [1.29, 1.82) is 0 Å². The lowest BCUT2D eigenvalue weighted by Gasteiger charge is -2.14. The highest BCUT2D eigenvalue weighted by atomic mass is 16.5. The van der Waals surface area contributed by atoms with Crippen LogP contribution in [-0.2, 0) is 19.7 Å². The molecule has 0 radical (unpaired) electrons. The fourth-order valence-electron chi connectivity index (χ4n) is 2.81. The third-order valence-corrected chi connectivity index (χ3v) is 4.28. The number of nitrogens with zero attached hydrogens (tertiary/aromatic N) is 1. The summed E-state index contributed by atoms with van der Waals surface area (Å²) in [5.41, 5.74) is 4.56. The quantitative estimate of drug-likeness (QED) is 0.601. The molecule has 0 bridgehead atoms. The molecule has 0 unspecified atom stereocenters. The summed E-state index contributed by atoms with van der Waals surface area (Å²) in [5, 5.41) is 3.45. The maximum atomic E-state index is 5.96. The van der Waals surface area contributed by atoms with Crippen molar-refractivity contribution in [2.24, 2.45) is 0 Å². The Labute approximate surface area is 161 Å². The Morgan fingerprint density at radius 1 is 0.852 bits per heavy atom. The van der Waals surface area contributed by atoms with E-state index in [0.717, 1.165) is 41.4 Å². The Kier molecular flexibility index (Phi) is 6.83. The topological polar surface area (TPSA) is 43.4 Å². The first kappa shape index (κ1) is 18.9. The SMILES string of the molecule is CCOc1cc(CNCc2ncccc2C)ccc1OCc1ccccc1. The predicted octanol–water partition coefficient (Wildman–Crippen LogP) is 4.66. The maximum Gasteiger partial charge on any atom is 0.161 e. The van der Waals surface area contributed by atoms with Gasteiger partial charge in [0, 0.05) is 19.3 Å². The van der Waals surface area contributed by atoms with Gasteiger partial charge in [0.25, 0.3) is 0 Å². The van der Waals surface area contributed by atoms with Crippen molar-refractivity contribution in [2.45, 2.75) is 33.5 Å². The molecule has 0 spiro atoms. The third kappa shape index (κ3) is 5.56. The number of hydrogen-bond acceptors (Lipinski definition) is 4. The van der Waals surface area contributed by atoms with Crippen LogP contribution in [0.5, 0.6) is 11.5 Å². The van der Waals surface area contributed by atoms with Crippen LogP contribution in [-0.4, -0.2) is 11.6 Å². The number of hydrogen-bond donors (Lipinski definition) is 1. The average molecular weight is 362 g/mol. The highest BCUT2D eigenvalue weighted by Gasteiger charge is 2.07. The fourth-order valence-corrected chi connectivity index (χ4v) is 2.81. The molecule has 3 aromatic rings. The van der Waals surface area contributed by atoms with Crippen molar-refractivity contribution >= 4 is 0 Å². The van der Waals surface area contributed by atoms with Gasteiger partial charge in [0.1, 0.15) is 6.61 Å². The molecule has 0 atom stereocenters.